The second-order valence-corrected chi connectivity index (χ2v) is 10.5. The third-order valence-corrected chi connectivity index (χ3v) is 8.39. The molecule has 8 nitrogen and oxygen atoms in total. The number of nitrogens with one attached hydrogen (secondary N) is 1. The van der Waals surface area contributed by atoms with Gasteiger partial charge in [0.15, 0.2) is 0 Å². The number of amides is 2. The minimum atomic E-state index is -0.111. The fourth-order valence-corrected chi connectivity index (χ4v) is 6.21. The summed E-state index contributed by atoms with van der Waals surface area (Å²) in [4.78, 5) is 32.2. The molecular formula is C25H35N5O3. The molecule has 1 saturated heterocycles. The largest absolute Gasteiger partial charge is 0.373 e. The minimum Gasteiger partial charge on any atom is -0.373 e. The molecule has 3 N–H and O–H groups in total. The number of hydrogen-bond donors (Lipinski definition) is 2. The molecule has 3 saturated carbocycles. The van der Waals surface area contributed by atoms with Crippen LogP contribution in [0.1, 0.15) is 49.3 Å². The second kappa shape index (κ2) is 8.72. The van der Waals surface area contributed by atoms with Crippen molar-refractivity contribution in [1.82, 2.24) is 19.6 Å². The SMILES string of the molecule is CC1(C)[C@@H]2CC[C@@H](CNC(=O)c3cccc4nc(CC(=O)N5CCOC(CN)C5)cn34)[C@H]1C2. The van der Waals surface area contributed by atoms with E-state index in [1.54, 1.807) is 9.30 Å². The lowest BCUT2D eigenvalue weighted by atomic mass is 9.45. The molecule has 178 valence electrons. The fourth-order valence-electron chi connectivity index (χ4n) is 6.21. The van der Waals surface area contributed by atoms with E-state index in [-0.39, 0.29) is 24.3 Å². The van der Waals surface area contributed by atoms with Crippen molar-refractivity contribution in [2.45, 2.75) is 45.6 Å². The summed E-state index contributed by atoms with van der Waals surface area (Å²) in [5.41, 5.74) is 7.98. The number of aromatic nitrogens is 2. The van der Waals surface area contributed by atoms with Gasteiger partial charge in [-0.25, -0.2) is 4.98 Å². The molecule has 8 heteroatoms. The molecule has 4 atom stereocenters. The van der Waals surface area contributed by atoms with E-state index in [9.17, 15) is 9.59 Å². The zero-order valence-electron chi connectivity index (χ0n) is 19.6. The van der Waals surface area contributed by atoms with Gasteiger partial charge in [0.1, 0.15) is 11.3 Å². The van der Waals surface area contributed by atoms with Gasteiger partial charge in [0.2, 0.25) is 5.91 Å². The number of pyridine rings is 1. The van der Waals surface area contributed by atoms with E-state index in [2.05, 4.69) is 24.1 Å². The Labute approximate surface area is 194 Å². The van der Waals surface area contributed by atoms with Crippen molar-refractivity contribution in [3.63, 3.8) is 0 Å². The van der Waals surface area contributed by atoms with Gasteiger partial charge in [-0.1, -0.05) is 19.9 Å². The first-order valence-corrected chi connectivity index (χ1v) is 12.2. The number of carbonyl (C=O) groups excluding carboxylic acids is 2. The average Bonchev–Trinajstić information content (AvgIpc) is 3.24. The third-order valence-electron chi connectivity index (χ3n) is 8.39. The molecule has 6 rings (SSSR count). The fraction of sp³-hybridized carbons (Fsp3) is 0.640. The van der Waals surface area contributed by atoms with E-state index >= 15 is 0 Å². The first-order chi connectivity index (χ1) is 15.9. The molecule has 2 aromatic heterocycles. The highest BCUT2D eigenvalue weighted by atomic mass is 16.5. The highest BCUT2D eigenvalue weighted by Crippen LogP contribution is 2.61. The van der Waals surface area contributed by atoms with Gasteiger partial charge in [0.05, 0.1) is 24.8 Å². The molecule has 2 bridgehead atoms. The van der Waals surface area contributed by atoms with E-state index in [1.165, 1.54) is 19.3 Å². The lowest BCUT2D eigenvalue weighted by Crippen LogP contribution is -2.54. The Kier molecular flexibility index (Phi) is 5.91. The molecular weight excluding hydrogens is 418 g/mol. The summed E-state index contributed by atoms with van der Waals surface area (Å²) in [6.45, 7) is 7.45. The van der Waals surface area contributed by atoms with E-state index in [0.717, 1.165) is 12.5 Å². The molecule has 1 unspecified atom stereocenters. The summed E-state index contributed by atoms with van der Waals surface area (Å²) in [7, 11) is 0. The summed E-state index contributed by atoms with van der Waals surface area (Å²) >= 11 is 0. The lowest BCUT2D eigenvalue weighted by molar-refractivity contribution is -0.137. The molecule has 4 aliphatic rings. The van der Waals surface area contributed by atoms with E-state index in [0.29, 0.717) is 60.5 Å². The zero-order chi connectivity index (χ0) is 23.2. The van der Waals surface area contributed by atoms with Crippen LogP contribution >= 0.6 is 0 Å². The summed E-state index contributed by atoms with van der Waals surface area (Å²) in [5, 5.41) is 3.18. The molecule has 0 aromatic carbocycles. The van der Waals surface area contributed by atoms with Crippen molar-refractivity contribution in [3.05, 3.63) is 35.8 Å². The number of ether oxygens (including phenoxy) is 1. The van der Waals surface area contributed by atoms with Crippen molar-refractivity contribution >= 4 is 17.5 Å². The molecule has 4 fully saturated rings. The Morgan fingerprint density at radius 2 is 2.15 bits per heavy atom. The van der Waals surface area contributed by atoms with Crippen LogP contribution in [0.3, 0.4) is 0 Å². The highest BCUT2D eigenvalue weighted by Gasteiger charge is 2.53. The molecule has 2 amide bonds. The topological polar surface area (TPSA) is 102 Å². The van der Waals surface area contributed by atoms with E-state index < -0.39 is 0 Å². The van der Waals surface area contributed by atoms with Crippen molar-refractivity contribution in [3.8, 4) is 0 Å². The van der Waals surface area contributed by atoms with Crippen molar-refractivity contribution in [2.24, 2.45) is 28.9 Å². The third kappa shape index (κ3) is 4.15. The monoisotopic (exact) mass is 453 g/mol. The number of carbonyl (C=O) groups is 2. The lowest BCUT2D eigenvalue weighted by Gasteiger charge is -2.60. The second-order valence-electron chi connectivity index (χ2n) is 10.5. The standard InChI is InChI=1S/C25H35N5O3/c1-25(2)17-7-6-16(20(25)10-17)13-27-24(32)21-4-3-5-22-28-18(14-30(21)22)11-23(31)29-8-9-33-19(12-26)15-29/h3-5,14,16-17,19-20H,6-13,15,26H2,1-2H3,(H,27,32)/t16-,17+,19?,20+/m0/s1. The molecule has 0 spiro atoms. The van der Waals surface area contributed by atoms with Gasteiger partial charge >= 0.3 is 0 Å². The van der Waals surface area contributed by atoms with Crippen LogP contribution in [-0.2, 0) is 16.0 Å². The van der Waals surface area contributed by atoms with Crippen molar-refractivity contribution < 1.29 is 14.3 Å². The maximum absolute atomic E-state index is 13.1. The first kappa shape index (κ1) is 22.3. The smallest absolute Gasteiger partial charge is 0.268 e. The number of morpholine rings is 1. The molecule has 2 aromatic rings. The van der Waals surface area contributed by atoms with Crippen LogP contribution in [0.4, 0.5) is 0 Å². The summed E-state index contributed by atoms with van der Waals surface area (Å²) in [6, 6.07) is 5.52. The van der Waals surface area contributed by atoms with Crippen LogP contribution in [-0.4, -0.2) is 65.0 Å². The highest BCUT2D eigenvalue weighted by molar-refractivity contribution is 5.93. The van der Waals surface area contributed by atoms with E-state index in [1.807, 2.05) is 24.4 Å². The van der Waals surface area contributed by atoms with Crippen LogP contribution < -0.4 is 11.1 Å². The Balaban J connectivity index is 1.25. The maximum Gasteiger partial charge on any atom is 0.268 e. The number of nitrogens with zero attached hydrogens (tertiary/aromatic N) is 3. The molecule has 33 heavy (non-hydrogen) atoms. The Bertz CT molecular complexity index is 1050. The van der Waals surface area contributed by atoms with Crippen LogP contribution in [0.15, 0.2) is 24.4 Å². The zero-order valence-corrected chi connectivity index (χ0v) is 19.6. The van der Waals surface area contributed by atoms with Crippen molar-refractivity contribution in [1.29, 1.82) is 0 Å². The van der Waals surface area contributed by atoms with E-state index in [4.69, 9.17) is 10.5 Å². The Morgan fingerprint density at radius 3 is 2.91 bits per heavy atom. The number of nitrogens with two attached hydrogens (primary N) is 1. The summed E-state index contributed by atoms with van der Waals surface area (Å²) in [5.74, 6) is 2.03. The predicted molar refractivity (Wildman–Crippen MR) is 125 cm³/mol. The van der Waals surface area contributed by atoms with Gasteiger partial charge in [-0.05, 0) is 54.6 Å². The van der Waals surface area contributed by atoms with Gasteiger partial charge in [0.25, 0.3) is 5.91 Å². The Hall–Kier alpha value is -2.45. The van der Waals surface area contributed by atoms with Crippen LogP contribution in [0.25, 0.3) is 5.65 Å². The van der Waals surface area contributed by atoms with Gasteiger partial charge < -0.3 is 20.7 Å². The van der Waals surface area contributed by atoms with Gasteiger partial charge in [0, 0.05) is 32.4 Å². The maximum atomic E-state index is 13.1. The number of hydrogen-bond acceptors (Lipinski definition) is 5. The molecule has 1 aliphatic heterocycles. The van der Waals surface area contributed by atoms with Gasteiger partial charge in [-0.2, -0.15) is 0 Å². The summed E-state index contributed by atoms with van der Waals surface area (Å²) in [6.07, 6.45) is 5.67. The molecule has 3 heterocycles. The normalized spacial score (nSPS) is 28.4. The Morgan fingerprint density at radius 1 is 1.30 bits per heavy atom. The van der Waals surface area contributed by atoms with Crippen LogP contribution in [0.5, 0.6) is 0 Å². The van der Waals surface area contributed by atoms with Gasteiger partial charge in [-0.3, -0.25) is 14.0 Å². The van der Waals surface area contributed by atoms with Crippen LogP contribution in [0.2, 0.25) is 0 Å². The summed E-state index contributed by atoms with van der Waals surface area (Å²) < 4.78 is 7.35. The van der Waals surface area contributed by atoms with Gasteiger partial charge in [-0.15, -0.1) is 0 Å². The number of rotatable bonds is 6. The number of fused-ring (bicyclic) bond motifs is 3. The average molecular weight is 454 g/mol. The number of imidazole rings is 1. The molecule has 3 aliphatic carbocycles. The quantitative estimate of drug-likeness (QED) is 0.695. The first-order valence-electron chi connectivity index (χ1n) is 12.2. The minimum absolute atomic E-state index is 0.00451. The van der Waals surface area contributed by atoms with Crippen molar-refractivity contribution in [2.75, 3.05) is 32.8 Å². The predicted octanol–water partition coefficient (Wildman–Crippen LogP) is 1.87. The van der Waals surface area contributed by atoms with Crippen LogP contribution in [0, 0.1) is 23.2 Å². The molecule has 0 radical (unpaired) electrons.